The number of carbonyl (C=O) groups excluding carboxylic acids is 1. The highest BCUT2D eigenvalue weighted by atomic mass is 32.2. The van der Waals surface area contributed by atoms with Crippen molar-refractivity contribution in [2.75, 3.05) is 13.1 Å². The first kappa shape index (κ1) is 21.0. The molecule has 0 saturated carbocycles. The van der Waals surface area contributed by atoms with Crippen LogP contribution >= 0.6 is 11.3 Å². The van der Waals surface area contributed by atoms with E-state index in [-0.39, 0.29) is 17.9 Å². The molecule has 5 nitrogen and oxygen atoms in total. The molecule has 1 fully saturated rings. The number of amides is 1. The fourth-order valence-electron chi connectivity index (χ4n) is 3.59. The number of piperidine rings is 1. The minimum absolute atomic E-state index is 0.0696. The molecule has 1 aliphatic heterocycles. The summed E-state index contributed by atoms with van der Waals surface area (Å²) in [5.41, 5.74) is 1.28. The Morgan fingerprint density at radius 2 is 1.89 bits per heavy atom. The van der Waals surface area contributed by atoms with Crippen molar-refractivity contribution in [3.05, 3.63) is 53.4 Å². The normalized spacial score (nSPS) is 17.3. The topological polar surface area (TPSA) is 66.5 Å². The van der Waals surface area contributed by atoms with Gasteiger partial charge in [-0.05, 0) is 55.5 Å². The van der Waals surface area contributed by atoms with Crippen LogP contribution in [0.5, 0.6) is 0 Å². The number of nitrogens with zero attached hydrogens (tertiary/aromatic N) is 1. The average Bonchev–Trinajstić information content (AvgIpc) is 3.23. The van der Waals surface area contributed by atoms with Crippen LogP contribution in [0.15, 0.2) is 52.1 Å². The molecule has 0 bridgehead atoms. The lowest BCUT2D eigenvalue weighted by Crippen LogP contribution is -2.40. The van der Waals surface area contributed by atoms with E-state index in [9.17, 15) is 13.2 Å². The zero-order valence-corrected chi connectivity index (χ0v) is 17.8. The van der Waals surface area contributed by atoms with Gasteiger partial charge in [-0.1, -0.05) is 36.4 Å². The number of sulfonamides is 1. The number of nitrogens with one attached hydrogen (secondary N) is 1. The van der Waals surface area contributed by atoms with Crippen LogP contribution in [0.2, 0.25) is 0 Å². The third kappa shape index (κ3) is 5.65. The monoisotopic (exact) mass is 420 g/mol. The van der Waals surface area contributed by atoms with E-state index in [0.29, 0.717) is 23.7 Å². The van der Waals surface area contributed by atoms with Gasteiger partial charge in [0.05, 0.1) is 0 Å². The molecule has 3 rings (SSSR count). The highest BCUT2D eigenvalue weighted by Crippen LogP contribution is 2.27. The van der Waals surface area contributed by atoms with Crippen LogP contribution < -0.4 is 5.32 Å². The van der Waals surface area contributed by atoms with Gasteiger partial charge in [0, 0.05) is 25.6 Å². The second-order valence-corrected chi connectivity index (χ2v) is 10.6. The van der Waals surface area contributed by atoms with Crippen LogP contribution in [0.1, 0.15) is 38.2 Å². The second-order valence-electron chi connectivity index (χ2n) is 7.48. The molecule has 2 heterocycles. The van der Waals surface area contributed by atoms with E-state index < -0.39 is 10.0 Å². The van der Waals surface area contributed by atoms with Gasteiger partial charge < -0.3 is 5.32 Å². The predicted molar refractivity (Wildman–Crippen MR) is 113 cm³/mol. The number of thiophene rings is 1. The number of aryl methyl sites for hydroxylation is 1. The van der Waals surface area contributed by atoms with E-state index in [0.717, 1.165) is 25.7 Å². The van der Waals surface area contributed by atoms with E-state index in [1.54, 1.807) is 21.8 Å². The molecule has 2 aromatic rings. The first-order valence-corrected chi connectivity index (χ1v) is 12.1. The zero-order valence-electron chi connectivity index (χ0n) is 16.2. The number of carbonyl (C=O) groups is 1. The largest absolute Gasteiger partial charge is 0.354 e. The number of rotatable bonds is 8. The van der Waals surface area contributed by atoms with Gasteiger partial charge >= 0.3 is 0 Å². The Balaban J connectivity index is 1.40. The molecular weight excluding hydrogens is 392 g/mol. The molecule has 1 aliphatic rings. The molecule has 0 radical (unpaired) electrons. The molecule has 1 amide bonds. The molecule has 1 atom stereocenters. The maximum absolute atomic E-state index is 12.6. The molecule has 7 heteroatoms. The van der Waals surface area contributed by atoms with Crippen molar-refractivity contribution in [3.63, 3.8) is 0 Å². The second kappa shape index (κ2) is 9.67. The first-order chi connectivity index (χ1) is 13.4. The van der Waals surface area contributed by atoms with E-state index in [1.165, 1.54) is 16.9 Å². The lowest BCUT2D eigenvalue weighted by Gasteiger charge is -2.30. The van der Waals surface area contributed by atoms with E-state index in [2.05, 4.69) is 17.4 Å². The Morgan fingerprint density at radius 1 is 1.18 bits per heavy atom. The SMILES string of the molecule is CC(CCc1ccccc1)NC(=O)CC1CCN(S(=O)(=O)c2cccs2)CC1. The Morgan fingerprint density at radius 3 is 2.54 bits per heavy atom. The summed E-state index contributed by atoms with van der Waals surface area (Å²) in [6, 6.07) is 13.8. The number of hydrogen-bond donors (Lipinski definition) is 1. The quantitative estimate of drug-likeness (QED) is 0.708. The fraction of sp³-hybridized carbons (Fsp3) is 0.476. The van der Waals surface area contributed by atoms with Crippen LogP contribution in [-0.2, 0) is 21.2 Å². The maximum Gasteiger partial charge on any atom is 0.252 e. The zero-order chi connectivity index (χ0) is 20.0. The van der Waals surface area contributed by atoms with Crippen LogP contribution in [0.25, 0.3) is 0 Å². The van der Waals surface area contributed by atoms with Crippen molar-refractivity contribution >= 4 is 27.3 Å². The molecule has 1 saturated heterocycles. The summed E-state index contributed by atoms with van der Waals surface area (Å²) < 4.78 is 27.1. The van der Waals surface area contributed by atoms with Crippen molar-refractivity contribution < 1.29 is 13.2 Å². The number of benzene rings is 1. The summed E-state index contributed by atoms with van der Waals surface area (Å²) in [5.74, 6) is 0.316. The highest BCUT2D eigenvalue weighted by molar-refractivity contribution is 7.91. The Kier molecular flexibility index (Phi) is 7.26. The summed E-state index contributed by atoms with van der Waals surface area (Å²) in [6.45, 7) is 3.01. The molecule has 28 heavy (non-hydrogen) atoms. The molecule has 0 spiro atoms. The predicted octanol–water partition coefficient (Wildman–Crippen LogP) is 3.68. The molecule has 1 aromatic heterocycles. The third-order valence-electron chi connectivity index (χ3n) is 5.25. The molecule has 152 valence electrons. The Labute approximate surface area is 171 Å². The standard InChI is InChI=1S/C21H28N2O3S2/c1-17(9-10-18-6-3-2-4-7-18)22-20(24)16-19-11-13-23(14-12-19)28(25,26)21-8-5-15-27-21/h2-8,15,17,19H,9-14,16H2,1H3,(H,22,24). The van der Waals surface area contributed by atoms with Gasteiger partial charge in [-0.3, -0.25) is 4.79 Å². The summed E-state index contributed by atoms with van der Waals surface area (Å²) in [6.07, 6.45) is 3.80. The number of hydrogen-bond acceptors (Lipinski definition) is 4. The third-order valence-corrected chi connectivity index (χ3v) is 8.52. The Hall–Kier alpha value is -1.70. The van der Waals surface area contributed by atoms with Gasteiger partial charge in [-0.25, -0.2) is 8.42 Å². The Bertz CT molecular complexity index is 843. The van der Waals surface area contributed by atoms with Crippen LogP contribution in [0.3, 0.4) is 0 Å². The minimum atomic E-state index is -3.37. The van der Waals surface area contributed by atoms with E-state index in [1.807, 2.05) is 25.1 Å². The lowest BCUT2D eigenvalue weighted by atomic mass is 9.94. The fourth-order valence-corrected chi connectivity index (χ4v) is 6.20. The van der Waals surface area contributed by atoms with Gasteiger partial charge in [0.25, 0.3) is 10.0 Å². The highest BCUT2D eigenvalue weighted by Gasteiger charge is 2.30. The molecule has 1 unspecified atom stereocenters. The molecule has 1 N–H and O–H groups in total. The van der Waals surface area contributed by atoms with Crippen molar-refractivity contribution in [3.8, 4) is 0 Å². The molecular formula is C21H28N2O3S2. The first-order valence-electron chi connectivity index (χ1n) is 9.82. The smallest absolute Gasteiger partial charge is 0.252 e. The van der Waals surface area contributed by atoms with Gasteiger partial charge in [0.1, 0.15) is 4.21 Å². The van der Waals surface area contributed by atoms with Crippen LogP contribution in [-0.4, -0.2) is 37.8 Å². The molecule has 0 aliphatic carbocycles. The van der Waals surface area contributed by atoms with Gasteiger partial charge in [0.2, 0.25) is 5.91 Å². The van der Waals surface area contributed by atoms with E-state index in [4.69, 9.17) is 0 Å². The van der Waals surface area contributed by atoms with Crippen LogP contribution in [0, 0.1) is 5.92 Å². The average molecular weight is 421 g/mol. The van der Waals surface area contributed by atoms with Gasteiger partial charge in [-0.2, -0.15) is 4.31 Å². The van der Waals surface area contributed by atoms with Crippen molar-refractivity contribution in [2.24, 2.45) is 5.92 Å². The van der Waals surface area contributed by atoms with Crippen molar-refractivity contribution in [1.82, 2.24) is 9.62 Å². The summed E-state index contributed by atoms with van der Waals surface area (Å²) in [7, 11) is -3.37. The molecule has 1 aromatic carbocycles. The summed E-state index contributed by atoms with van der Waals surface area (Å²) in [5, 5.41) is 4.87. The van der Waals surface area contributed by atoms with E-state index >= 15 is 0 Å². The van der Waals surface area contributed by atoms with Crippen LogP contribution in [0.4, 0.5) is 0 Å². The minimum Gasteiger partial charge on any atom is -0.354 e. The summed E-state index contributed by atoms with van der Waals surface area (Å²) >= 11 is 1.25. The van der Waals surface area contributed by atoms with Gasteiger partial charge in [0.15, 0.2) is 0 Å². The van der Waals surface area contributed by atoms with Crippen molar-refractivity contribution in [1.29, 1.82) is 0 Å². The lowest BCUT2D eigenvalue weighted by molar-refractivity contribution is -0.122. The summed E-state index contributed by atoms with van der Waals surface area (Å²) in [4.78, 5) is 12.4. The van der Waals surface area contributed by atoms with Gasteiger partial charge in [-0.15, -0.1) is 11.3 Å². The van der Waals surface area contributed by atoms with Crippen molar-refractivity contribution in [2.45, 2.75) is 49.3 Å². The maximum atomic E-state index is 12.6.